The predicted octanol–water partition coefficient (Wildman–Crippen LogP) is 4.73. The third-order valence-corrected chi connectivity index (χ3v) is 6.21. The number of carbonyl (C=O) groups excluding carboxylic acids is 1. The first kappa shape index (κ1) is 19.1. The molecule has 1 fully saturated rings. The maximum Gasteiger partial charge on any atom is 0.307 e. The molecule has 1 aromatic heterocycles. The summed E-state index contributed by atoms with van der Waals surface area (Å²) in [7, 11) is 0. The van der Waals surface area contributed by atoms with Crippen molar-refractivity contribution in [1.82, 2.24) is 0 Å². The molecule has 1 aliphatic carbocycles. The summed E-state index contributed by atoms with van der Waals surface area (Å²) in [6, 6.07) is 10.1. The lowest BCUT2D eigenvalue weighted by Gasteiger charge is -2.27. The highest BCUT2D eigenvalue weighted by molar-refractivity contribution is 7.17. The number of benzene rings is 1. The van der Waals surface area contributed by atoms with Crippen molar-refractivity contribution in [2.45, 2.75) is 39.5 Å². The zero-order chi connectivity index (χ0) is 19.6. The molecule has 3 rings (SSSR count). The van der Waals surface area contributed by atoms with E-state index in [2.05, 4.69) is 11.4 Å². The Hall–Kier alpha value is -2.65. The molecular formula is C21H22N2O3S. The number of carboxylic acid groups (broad SMARTS) is 1. The number of carboxylic acids is 1. The van der Waals surface area contributed by atoms with E-state index >= 15 is 0 Å². The quantitative estimate of drug-likeness (QED) is 0.799. The SMILES string of the molecule is Cc1ccc(-c2c(C)sc(NC(=O)[C@@H]3CCCC[C@@H]3C(=O)O)c2C#N)cc1. The molecule has 1 heterocycles. The third kappa shape index (κ3) is 3.88. The summed E-state index contributed by atoms with van der Waals surface area (Å²) in [4.78, 5) is 25.2. The van der Waals surface area contributed by atoms with Crippen molar-refractivity contribution in [2.24, 2.45) is 11.8 Å². The van der Waals surface area contributed by atoms with Crippen LogP contribution in [0.1, 0.15) is 41.7 Å². The van der Waals surface area contributed by atoms with Crippen LogP contribution in [0.3, 0.4) is 0 Å². The number of anilines is 1. The number of hydrogen-bond acceptors (Lipinski definition) is 4. The number of rotatable bonds is 4. The van der Waals surface area contributed by atoms with Gasteiger partial charge in [-0.2, -0.15) is 5.26 Å². The Morgan fingerprint density at radius 2 is 1.78 bits per heavy atom. The van der Waals surface area contributed by atoms with E-state index in [0.717, 1.165) is 34.4 Å². The lowest BCUT2D eigenvalue weighted by Crippen LogP contribution is -2.36. The highest BCUT2D eigenvalue weighted by atomic mass is 32.1. The Kier molecular flexibility index (Phi) is 5.62. The lowest BCUT2D eigenvalue weighted by molar-refractivity contribution is -0.147. The molecule has 2 N–H and O–H groups in total. The fourth-order valence-electron chi connectivity index (χ4n) is 3.75. The number of aryl methyl sites for hydroxylation is 2. The van der Waals surface area contributed by atoms with Gasteiger partial charge in [0.2, 0.25) is 5.91 Å². The van der Waals surface area contributed by atoms with Gasteiger partial charge < -0.3 is 10.4 Å². The monoisotopic (exact) mass is 382 g/mol. The predicted molar refractivity (Wildman–Crippen MR) is 106 cm³/mol. The number of amides is 1. The minimum atomic E-state index is -0.918. The summed E-state index contributed by atoms with van der Waals surface area (Å²) >= 11 is 1.36. The van der Waals surface area contributed by atoms with Crippen molar-refractivity contribution in [1.29, 1.82) is 5.26 Å². The molecule has 6 heteroatoms. The smallest absolute Gasteiger partial charge is 0.307 e. The molecule has 2 atom stereocenters. The molecule has 1 aromatic carbocycles. The van der Waals surface area contributed by atoms with E-state index in [1.54, 1.807) is 0 Å². The summed E-state index contributed by atoms with van der Waals surface area (Å²) in [5.41, 5.74) is 3.34. The van der Waals surface area contributed by atoms with Gasteiger partial charge in [0.05, 0.1) is 17.4 Å². The Bertz CT molecular complexity index is 909. The third-order valence-electron chi connectivity index (χ3n) is 5.19. The molecule has 1 amide bonds. The molecule has 0 saturated heterocycles. The molecule has 5 nitrogen and oxygen atoms in total. The number of thiophene rings is 1. The summed E-state index contributed by atoms with van der Waals surface area (Å²) in [5, 5.41) is 22.5. The molecule has 0 aliphatic heterocycles. The summed E-state index contributed by atoms with van der Waals surface area (Å²) in [6.07, 6.45) is 2.78. The minimum absolute atomic E-state index is 0.296. The second-order valence-electron chi connectivity index (χ2n) is 7.04. The van der Waals surface area contributed by atoms with E-state index in [0.29, 0.717) is 23.4 Å². The van der Waals surface area contributed by atoms with E-state index in [1.165, 1.54) is 11.3 Å². The van der Waals surface area contributed by atoms with Gasteiger partial charge in [-0.3, -0.25) is 9.59 Å². The summed E-state index contributed by atoms with van der Waals surface area (Å²) < 4.78 is 0. The van der Waals surface area contributed by atoms with Gasteiger partial charge in [0.1, 0.15) is 11.1 Å². The van der Waals surface area contributed by atoms with Gasteiger partial charge in [-0.15, -0.1) is 11.3 Å². The average molecular weight is 382 g/mol. The first-order valence-corrected chi connectivity index (χ1v) is 9.88. The van der Waals surface area contributed by atoms with Gasteiger partial charge in [0, 0.05) is 10.4 Å². The largest absolute Gasteiger partial charge is 0.481 e. The Balaban J connectivity index is 1.90. The maximum atomic E-state index is 12.8. The van der Waals surface area contributed by atoms with Crippen LogP contribution >= 0.6 is 11.3 Å². The molecule has 0 bridgehead atoms. The molecule has 1 saturated carbocycles. The van der Waals surface area contributed by atoms with E-state index in [9.17, 15) is 20.0 Å². The number of nitrogens with zero attached hydrogens (tertiary/aromatic N) is 1. The number of aliphatic carboxylic acids is 1. The average Bonchev–Trinajstić information content (AvgIpc) is 2.97. The number of nitriles is 1. The number of nitrogens with one attached hydrogen (secondary N) is 1. The summed E-state index contributed by atoms with van der Waals surface area (Å²) in [5.74, 6) is -2.41. The molecule has 1 aliphatic rings. The first-order chi connectivity index (χ1) is 12.9. The van der Waals surface area contributed by atoms with Crippen LogP contribution in [0.25, 0.3) is 11.1 Å². The van der Waals surface area contributed by atoms with Gasteiger partial charge in [-0.05, 0) is 32.3 Å². The van der Waals surface area contributed by atoms with E-state index in [1.807, 2.05) is 38.1 Å². The molecule has 0 unspecified atom stereocenters. The highest BCUT2D eigenvalue weighted by Gasteiger charge is 2.36. The number of hydrogen-bond donors (Lipinski definition) is 2. The van der Waals surface area contributed by atoms with Crippen LogP contribution in [0.2, 0.25) is 0 Å². The van der Waals surface area contributed by atoms with Crippen LogP contribution in [-0.4, -0.2) is 17.0 Å². The first-order valence-electron chi connectivity index (χ1n) is 9.06. The van der Waals surface area contributed by atoms with Crippen molar-refractivity contribution in [3.63, 3.8) is 0 Å². The zero-order valence-electron chi connectivity index (χ0n) is 15.4. The van der Waals surface area contributed by atoms with E-state index in [-0.39, 0.29) is 5.91 Å². The molecular weight excluding hydrogens is 360 g/mol. The second-order valence-corrected chi connectivity index (χ2v) is 8.26. The Morgan fingerprint density at radius 1 is 1.15 bits per heavy atom. The van der Waals surface area contributed by atoms with Crippen LogP contribution in [0, 0.1) is 37.0 Å². The topological polar surface area (TPSA) is 90.2 Å². The van der Waals surface area contributed by atoms with E-state index in [4.69, 9.17) is 0 Å². The Morgan fingerprint density at radius 3 is 2.37 bits per heavy atom. The van der Waals surface area contributed by atoms with Crippen LogP contribution in [0.15, 0.2) is 24.3 Å². The second kappa shape index (κ2) is 7.93. The van der Waals surface area contributed by atoms with Crippen LogP contribution in [-0.2, 0) is 9.59 Å². The highest BCUT2D eigenvalue weighted by Crippen LogP contribution is 2.40. The standard InChI is InChI=1S/C21H22N2O3S/c1-12-7-9-14(10-8-12)18-13(2)27-20(17(18)11-22)23-19(24)15-5-3-4-6-16(15)21(25)26/h7-10,15-16H,3-6H2,1-2H3,(H,23,24)(H,25,26)/t15-,16+/m1/s1. The van der Waals surface area contributed by atoms with Crippen molar-refractivity contribution in [2.75, 3.05) is 5.32 Å². The van der Waals surface area contributed by atoms with Gasteiger partial charge >= 0.3 is 5.97 Å². The van der Waals surface area contributed by atoms with Crippen molar-refractivity contribution >= 4 is 28.2 Å². The van der Waals surface area contributed by atoms with Crippen LogP contribution in [0.4, 0.5) is 5.00 Å². The van der Waals surface area contributed by atoms with E-state index < -0.39 is 17.8 Å². The lowest BCUT2D eigenvalue weighted by atomic mass is 9.79. The molecule has 0 radical (unpaired) electrons. The number of carbonyl (C=O) groups is 2. The molecule has 140 valence electrons. The van der Waals surface area contributed by atoms with Gasteiger partial charge in [0.25, 0.3) is 0 Å². The maximum absolute atomic E-state index is 12.8. The fourth-order valence-corrected chi connectivity index (χ4v) is 4.78. The van der Waals surface area contributed by atoms with Crippen LogP contribution in [0.5, 0.6) is 0 Å². The van der Waals surface area contributed by atoms with Crippen molar-refractivity contribution in [3.8, 4) is 17.2 Å². The normalized spacial score (nSPS) is 19.3. The Labute approximate surface area is 162 Å². The molecule has 27 heavy (non-hydrogen) atoms. The summed E-state index contributed by atoms with van der Waals surface area (Å²) in [6.45, 7) is 3.93. The van der Waals surface area contributed by atoms with Gasteiger partial charge in [-0.25, -0.2) is 0 Å². The van der Waals surface area contributed by atoms with Crippen molar-refractivity contribution in [3.05, 3.63) is 40.3 Å². The van der Waals surface area contributed by atoms with Gasteiger partial charge in [-0.1, -0.05) is 42.7 Å². The molecule has 0 spiro atoms. The van der Waals surface area contributed by atoms with Crippen molar-refractivity contribution < 1.29 is 14.7 Å². The van der Waals surface area contributed by atoms with Gasteiger partial charge in [0.15, 0.2) is 0 Å². The van der Waals surface area contributed by atoms with Crippen LogP contribution < -0.4 is 5.32 Å². The molecule has 2 aromatic rings. The fraction of sp³-hybridized carbons (Fsp3) is 0.381. The zero-order valence-corrected chi connectivity index (χ0v) is 16.2. The minimum Gasteiger partial charge on any atom is -0.481 e.